The van der Waals surface area contributed by atoms with Crippen molar-refractivity contribution in [3.63, 3.8) is 0 Å². The fraction of sp³-hybridized carbons (Fsp3) is 0.346. The number of hydrogen-bond donors (Lipinski definition) is 2. The molecule has 0 spiro atoms. The van der Waals surface area contributed by atoms with Gasteiger partial charge < -0.3 is 20.1 Å². The normalized spacial score (nSPS) is 14.0. The molecule has 0 atom stereocenters. The van der Waals surface area contributed by atoms with Gasteiger partial charge in [-0.3, -0.25) is 0 Å². The topological polar surface area (TPSA) is 89.6 Å². The number of urea groups is 1. The molecule has 0 radical (unpaired) electrons. The number of carbonyl (C=O) groups excluding carboxylic acids is 2. The number of rotatable bonds is 6. The van der Waals surface area contributed by atoms with Crippen molar-refractivity contribution in [2.24, 2.45) is 0 Å². The van der Waals surface area contributed by atoms with Crippen molar-refractivity contribution in [3.05, 3.63) is 54.1 Å². The average Bonchev–Trinajstić information content (AvgIpc) is 2.83. The van der Waals surface area contributed by atoms with Crippen LogP contribution < -0.4 is 15.4 Å². The van der Waals surface area contributed by atoms with Gasteiger partial charge in [0.1, 0.15) is 5.75 Å². The number of nitrogens with zero attached hydrogens (tertiary/aromatic N) is 1. The van der Waals surface area contributed by atoms with E-state index in [4.69, 9.17) is 14.5 Å². The Bertz CT molecular complexity index is 1140. The van der Waals surface area contributed by atoms with Crippen LogP contribution in [0, 0.1) is 6.92 Å². The predicted octanol–water partition coefficient (Wildman–Crippen LogP) is 5.22. The second-order valence-corrected chi connectivity index (χ2v) is 8.40. The highest BCUT2D eigenvalue weighted by Crippen LogP contribution is 2.32. The third-order valence-corrected chi connectivity index (χ3v) is 5.89. The van der Waals surface area contributed by atoms with Crippen molar-refractivity contribution in [3.8, 4) is 17.0 Å². The number of amides is 2. The average molecular weight is 448 g/mol. The summed E-state index contributed by atoms with van der Waals surface area (Å²) < 4.78 is 10.5. The van der Waals surface area contributed by atoms with Crippen molar-refractivity contribution >= 4 is 28.6 Å². The summed E-state index contributed by atoms with van der Waals surface area (Å²) in [6.45, 7) is 1.81. The van der Waals surface area contributed by atoms with E-state index in [1.54, 1.807) is 0 Å². The van der Waals surface area contributed by atoms with Crippen LogP contribution in [0.1, 0.15) is 37.7 Å². The molecule has 2 N–H and O–H groups in total. The lowest BCUT2D eigenvalue weighted by atomic mass is 9.96. The van der Waals surface area contributed by atoms with E-state index in [1.807, 2.05) is 55.5 Å². The predicted molar refractivity (Wildman–Crippen MR) is 128 cm³/mol. The third-order valence-electron chi connectivity index (χ3n) is 5.89. The minimum atomic E-state index is -0.474. The number of carbonyl (C=O) groups is 2. The van der Waals surface area contributed by atoms with Gasteiger partial charge in [0.25, 0.3) is 0 Å². The van der Waals surface area contributed by atoms with Gasteiger partial charge in [-0.2, -0.15) is 0 Å². The summed E-state index contributed by atoms with van der Waals surface area (Å²) in [5.41, 5.74) is 4.16. The standard InChI is InChI=1S/C26H29N3O4/c1-17-8-10-18(11-9-17)23-15-24(33-16-25(30)32-2)21-14-20(12-13-22(21)29-23)28-26(31)27-19-6-4-3-5-7-19/h8-15,19H,3-7,16H2,1-2H3,(H2,27,28,31). The first kappa shape index (κ1) is 22.6. The molecule has 0 bridgehead atoms. The monoisotopic (exact) mass is 447 g/mol. The number of fused-ring (bicyclic) bond motifs is 1. The van der Waals surface area contributed by atoms with E-state index in [-0.39, 0.29) is 18.7 Å². The molecule has 0 aliphatic heterocycles. The smallest absolute Gasteiger partial charge is 0.343 e. The first-order valence-electron chi connectivity index (χ1n) is 11.3. The van der Waals surface area contributed by atoms with Crippen molar-refractivity contribution in [2.75, 3.05) is 19.0 Å². The Morgan fingerprint density at radius 3 is 2.52 bits per heavy atom. The van der Waals surface area contributed by atoms with Crippen LogP contribution in [0.15, 0.2) is 48.5 Å². The minimum absolute atomic E-state index is 0.219. The first-order chi connectivity index (χ1) is 16.0. The number of pyridine rings is 1. The van der Waals surface area contributed by atoms with E-state index in [0.29, 0.717) is 22.3 Å². The Morgan fingerprint density at radius 2 is 1.79 bits per heavy atom. The summed E-state index contributed by atoms with van der Waals surface area (Å²) in [4.78, 5) is 29.0. The van der Waals surface area contributed by atoms with E-state index in [2.05, 4.69) is 10.6 Å². The van der Waals surface area contributed by atoms with Gasteiger partial charge in [-0.1, -0.05) is 49.1 Å². The molecule has 3 aromatic rings. The summed E-state index contributed by atoms with van der Waals surface area (Å²) in [5.74, 6) is 0.0234. The van der Waals surface area contributed by atoms with E-state index in [1.165, 1.54) is 13.5 Å². The van der Waals surface area contributed by atoms with Crippen molar-refractivity contribution in [2.45, 2.75) is 45.1 Å². The van der Waals surface area contributed by atoms with E-state index in [0.717, 1.165) is 42.5 Å². The maximum Gasteiger partial charge on any atom is 0.343 e. The fourth-order valence-electron chi connectivity index (χ4n) is 4.06. The number of anilines is 1. The molecule has 2 amide bonds. The second-order valence-electron chi connectivity index (χ2n) is 8.40. The molecule has 1 heterocycles. The van der Waals surface area contributed by atoms with Gasteiger partial charge >= 0.3 is 12.0 Å². The Hall–Kier alpha value is -3.61. The molecule has 1 aliphatic rings. The number of hydrogen-bond acceptors (Lipinski definition) is 5. The van der Waals surface area contributed by atoms with Crippen molar-refractivity contribution in [1.82, 2.24) is 10.3 Å². The largest absolute Gasteiger partial charge is 0.481 e. The number of esters is 1. The highest BCUT2D eigenvalue weighted by atomic mass is 16.6. The highest BCUT2D eigenvalue weighted by Gasteiger charge is 2.16. The molecule has 0 saturated heterocycles. The molecule has 7 nitrogen and oxygen atoms in total. The summed E-state index contributed by atoms with van der Waals surface area (Å²) in [6, 6.07) is 15.3. The van der Waals surface area contributed by atoms with Crippen LogP contribution in [0.2, 0.25) is 0 Å². The molecule has 2 aromatic carbocycles. The minimum Gasteiger partial charge on any atom is -0.481 e. The van der Waals surface area contributed by atoms with E-state index < -0.39 is 5.97 Å². The first-order valence-corrected chi connectivity index (χ1v) is 11.3. The van der Waals surface area contributed by atoms with Gasteiger partial charge in [0, 0.05) is 28.7 Å². The van der Waals surface area contributed by atoms with Crippen molar-refractivity contribution in [1.29, 1.82) is 0 Å². The number of benzene rings is 2. The zero-order valence-electron chi connectivity index (χ0n) is 19.0. The summed E-state index contributed by atoms with van der Waals surface area (Å²) >= 11 is 0. The number of ether oxygens (including phenoxy) is 2. The van der Waals surface area contributed by atoms with Crippen molar-refractivity contribution < 1.29 is 19.1 Å². The lowest BCUT2D eigenvalue weighted by Crippen LogP contribution is -2.39. The zero-order chi connectivity index (χ0) is 23.2. The van der Waals surface area contributed by atoms with Crippen LogP contribution in [0.5, 0.6) is 5.75 Å². The molecule has 4 rings (SSSR count). The van der Waals surface area contributed by atoms with Gasteiger partial charge in [0.05, 0.1) is 18.3 Å². The van der Waals surface area contributed by atoms with Crippen LogP contribution in [0.25, 0.3) is 22.2 Å². The molecule has 1 fully saturated rings. The molecular weight excluding hydrogens is 418 g/mol. The maximum absolute atomic E-state index is 12.5. The van der Waals surface area contributed by atoms with Gasteiger partial charge in [-0.25, -0.2) is 14.6 Å². The number of methoxy groups -OCH3 is 1. The third kappa shape index (κ3) is 5.80. The van der Waals surface area contributed by atoms with E-state index >= 15 is 0 Å². The number of nitrogens with one attached hydrogen (secondary N) is 2. The highest BCUT2D eigenvalue weighted by molar-refractivity contribution is 5.95. The van der Waals surface area contributed by atoms with Crippen LogP contribution in [-0.2, 0) is 9.53 Å². The molecule has 1 aliphatic carbocycles. The Morgan fingerprint density at radius 1 is 1.03 bits per heavy atom. The summed E-state index contributed by atoms with van der Waals surface area (Å²) in [6.07, 6.45) is 5.56. The SMILES string of the molecule is COC(=O)COc1cc(-c2ccc(C)cc2)nc2ccc(NC(=O)NC3CCCCC3)cc12. The van der Waals surface area contributed by atoms with Gasteiger partial charge in [0.2, 0.25) is 0 Å². The number of aromatic nitrogens is 1. The maximum atomic E-state index is 12.5. The molecule has 172 valence electrons. The molecule has 1 saturated carbocycles. The van der Waals surface area contributed by atoms with Crippen LogP contribution in [-0.4, -0.2) is 36.7 Å². The lowest BCUT2D eigenvalue weighted by molar-refractivity contribution is -0.142. The fourth-order valence-corrected chi connectivity index (χ4v) is 4.06. The molecule has 7 heteroatoms. The summed E-state index contributed by atoms with van der Waals surface area (Å²) in [5, 5.41) is 6.67. The zero-order valence-corrected chi connectivity index (χ0v) is 19.0. The Balaban J connectivity index is 1.61. The number of aryl methyl sites for hydroxylation is 1. The van der Waals surface area contributed by atoms with Gasteiger partial charge in [-0.15, -0.1) is 0 Å². The van der Waals surface area contributed by atoms with Crippen LogP contribution >= 0.6 is 0 Å². The van der Waals surface area contributed by atoms with Gasteiger partial charge in [0.15, 0.2) is 6.61 Å². The molecule has 0 unspecified atom stereocenters. The second kappa shape index (κ2) is 10.3. The Labute approximate surface area is 193 Å². The quantitative estimate of drug-likeness (QED) is 0.506. The molecule has 1 aromatic heterocycles. The molecule has 33 heavy (non-hydrogen) atoms. The summed E-state index contributed by atoms with van der Waals surface area (Å²) in [7, 11) is 1.32. The van der Waals surface area contributed by atoms with Crippen LogP contribution in [0.3, 0.4) is 0 Å². The van der Waals surface area contributed by atoms with E-state index in [9.17, 15) is 9.59 Å². The molecular formula is C26H29N3O4. The van der Waals surface area contributed by atoms with Crippen LogP contribution in [0.4, 0.5) is 10.5 Å². The lowest BCUT2D eigenvalue weighted by Gasteiger charge is -2.23. The van der Waals surface area contributed by atoms with Gasteiger partial charge in [-0.05, 0) is 38.0 Å². The Kier molecular flexibility index (Phi) is 7.07.